The molecule has 1 fully saturated rings. The van der Waals surface area contributed by atoms with Crippen LogP contribution in [0.2, 0.25) is 0 Å². The first-order valence-electron chi connectivity index (χ1n) is 9.35. The number of ether oxygens (including phenoxy) is 1. The molecular weight excluding hydrogens is 330 g/mol. The van der Waals surface area contributed by atoms with Crippen LogP contribution < -0.4 is 15.5 Å². The first-order chi connectivity index (χ1) is 12.8. The van der Waals surface area contributed by atoms with Gasteiger partial charge in [0.25, 0.3) is 0 Å². The monoisotopic (exact) mass is 357 g/mol. The molecule has 0 aromatic carbocycles. The lowest BCUT2D eigenvalue weighted by molar-refractivity contribution is 0.0964. The van der Waals surface area contributed by atoms with E-state index >= 15 is 0 Å². The van der Waals surface area contributed by atoms with E-state index in [9.17, 15) is 0 Å². The number of nitrogens with zero attached hydrogens (tertiary/aromatic N) is 4. The Balaban J connectivity index is 1.40. The third-order valence-electron chi connectivity index (χ3n) is 5.29. The minimum Gasteiger partial charge on any atom is -0.378 e. The van der Waals surface area contributed by atoms with E-state index in [1.54, 1.807) is 13.3 Å². The molecule has 0 spiro atoms. The van der Waals surface area contributed by atoms with E-state index in [0.717, 1.165) is 44.1 Å². The number of hydrogen-bond donors (Lipinski definition) is 3. The van der Waals surface area contributed by atoms with Crippen LogP contribution in [-0.2, 0) is 24.1 Å². The average Bonchev–Trinajstić information content (AvgIpc) is 3.29. The van der Waals surface area contributed by atoms with Gasteiger partial charge in [0.15, 0.2) is 0 Å². The number of rotatable bonds is 6. The van der Waals surface area contributed by atoms with Crippen molar-refractivity contribution in [3.05, 3.63) is 29.5 Å². The van der Waals surface area contributed by atoms with Crippen molar-refractivity contribution < 1.29 is 4.74 Å². The average molecular weight is 357 g/mol. The number of hydrogen-bond acceptors (Lipinski definition) is 7. The minimum absolute atomic E-state index is 0.118. The summed E-state index contributed by atoms with van der Waals surface area (Å²) in [6.07, 6.45) is 6.64. The molecule has 1 saturated heterocycles. The molecule has 0 bridgehead atoms. The number of nitrogens with one attached hydrogen (secondary N) is 3. The van der Waals surface area contributed by atoms with Crippen molar-refractivity contribution in [2.24, 2.45) is 0 Å². The van der Waals surface area contributed by atoms with Gasteiger partial charge in [-0.3, -0.25) is 0 Å². The fourth-order valence-electron chi connectivity index (χ4n) is 3.87. The predicted molar refractivity (Wildman–Crippen MR) is 100 cm³/mol. The Morgan fingerprint density at radius 3 is 2.96 bits per heavy atom. The van der Waals surface area contributed by atoms with Gasteiger partial charge in [-0.25, -0.2) is 9.97 Å². The second kappa shape index (κ2) is 7.59. The van der Waals surface area contributed by atoms with Crippen LogP contribution >= 0.6 is 0 Å². The first kappa shape index (κ1) is 17.2. The summed E-state index contributed by atoms with van der Waals surface area (Å²) in [6.45, 7) is 2.39. The number of imidazole rings is 1. The van der Waals surface area contributed by atoms with Gasteiger partial charge >= 0.3 is 0 Å². The Bertz CT molecular complexity index is 723. The molecule has 8 nitrogen and oxygen atoms in total. The summed E-state index contributed by atoms with van der Waals surface area (Å²) in [6, 6.07) is 2.17. The summed E-state index contributed by atoms with van der Waals surface area (Å²) in [5.41, 5.74) is 2.58. The van der Waals surface area contributed by atoms with E-state index < -0.39 is 0 Å². The summed E-state index contributed by atoms with van der Waals surface area (Å²) in [7, 11) is 3.60. The predicted octanol–water partition coefficient (Wildman–Crippen LogP) is 1.11. The highest BCUT2D eigenvalue weighted by Crippen LogP contribution is 2.22. The Labute approximate surface area is 153 Å². The maximum Gasteiger partial charge on any atom is 0.224 e. The van der Waals surface area contributed by atoms with E-state index in [1.807, 2.05) is 13.1 Å². The quantitative estimate of drug-likeness (QED) is 0.713. The fraction of sp³-hybridized carbons (Fsp3) is 0.611. The van der Waals surface area contributed by atoms with Crippen LogP contribution in [0.15, 0.2) is 12.3 Å². The van der Waals surface area contributed by atoms with E-state index in [-0.39, 0.29) is 12.1 Å². The van der Waals surface area contributed by atoms with Gasteiger partial charge in [0, 0.05) is 39.1 Å². The van der Waals surface area contributed by atoms with Gasteiger partial charge in [0.05, 0.1) is 24.4 Å². The second-order valence-electron chi connectivity index (χ2n) is 6.97. The van der Waals surface area contributed by atoms with Crippen molar-refractivity contribution in [1.29, 1.82) is 0 Å². The number of aryl methyl sites for hydroxylation is 2. The summed E-state index contributed by atoms with van der Waals surface area (Å²) in [4.78, 5) is 19.2. The lowest BCUT2D eigenvalue weighted by atomic mass is 10.0. The number of aromatic amines is 1. The summed E-state index contributed by atoms with van der Waals surface area (Å²) in [5.74, 6) is 2.59. The summed E-state index contributed by atoms with van der Waals surface area (Å²) in [5, 5.41) is 6.61. The largest absolute Gasteiger partial charge is 0.378 e. The number of aromatic nitrogens is 4. The zero-order chi connectivity index (χ0) is 17.9. The molecule has 2 atom stereocenters. The Morgan fingerprint density at radius 2 is 2.15 bits per heavy atom. The SMILES string of the molecule is CNc1nccc(N2C[C@H](OC)[C@H](NCc3nc4c([nH]3)CCCC4)C2)n1. The van der Waals surface area contributed by atoms with Crippen molar-refractivity contribution in [1.82, 2.24) is 25.3 Å². The normalized spacial score (nSPS) is 22.5. The van der Waals surface area contributed by atoms with Gasteiger partial charge in [-0.2, -0.15) is 4.98 Å². The Morgan fingerprint density at radius 1 is 1.27 bits per heavy atom. The number of H-pyrrole nitrogens is 1. The molecule has 140 valence electrons. The van der Waals surface area contributed by atoms with Crippen molar-refractivity contribution in [2.75, 3.05) is 37.5 Å². The maximum atomic E-state index is 5.71. The van der Waals surface area contributed by atoms with Crippen molar-refractivity contribution in [3.63, 3.8) is 0 Å². The summed E-state index contributed by atoms with van der Waals surface area (Å²) >= 11 is 0. The number of anilines is 2. The number of methoxy groups -OCH3 is 1. The third kappa shape index (κ3) is 3.52. The molecule has 0 amide bonds. The van der Waals surface area contributed by atoms with Crippen LogP contribution in [0.5, 0.6) is 0 Å². The highest BCUT2D eigenvalue weighted by molar-refractivity contribution is 5.44. The molecule has 3 N–H and O–H groups in total. The van der Waals surface area contributed by atoms with Gasteiger partial charge in [0.1, 0.15) is 11.6 Å². The molecule has 2 aromatic heterocycles. The molecule has 8 heteroatoms. The smallest absolute Gasteiger partial charge is 0.224 e. The third-order valence-corrected chi connectivity index (χ3v) is 5.29. The standard InChI is InChI=1S/C18H27N7O/c1-19-18-20-8-7-17(24-18)25-10-14(15(11-25)26-2)21-9-16-22-12-5-3-4-6-13(12)23-16/h7-8,14-15,21H,3-6,9-11H2,1-2H3,(H,22,23)(H,19,20,24)/t14-,15+/m1/s1. The molecule has 2 aliphatic rings. The zero-order valence-corrected chi connectivity index (χ0v) is 15.5. The lowest BCUT2D eigenvalue weighted by Crippen LogP contribution is -2.39. The van der Waals surface area contributed by atoms with E-state index in [0.29, 0.717) is 5.95 Å². The van der Waals surface area contributed by atoms with Gasteiger partial charge in [-0.1, -0.05) is 0 Å². The molecule has 0 radical (unpaired) electrons. The van der Waals surface area contributed by atoms with E-state index in [4.69, 9.17) is 9.72 Å². The maximum absolute atomic E-state index is 5.71. The molecule has 3 heterocycles. The summed E-state index contributed by atoms with van der Waals surface area (Å²) < 4.78 is 5.71. The molecule has 0 unspecified atom stereocenters. The minimum atomic E-state index is 0.118. The lowest BCUT2D eigenvalue weighted by Gasteiger charge is -2.17. The second-order valence-corrected chi connectivity index (χ2v) is 6.97. The Kier molecular flexibility index (Phi) is 5.03. The van der Waals surface area contributed by atoms with Gasteiger partial charge in [-0.15, -0.1) is 0 Å². The Hall–Kier alpha value is -2.19. The number of fused-ring (bicyclic) bond motifs is 1. The molecule has 4 rings (SSSR count). The molecule has 2 aromatic rings. The topological polar surface area (TPSA) is 91.0 Å². The van der Waals surface area contributed by atoms with Crippen LogP contribution in [0.4, 0.5) is 11.8 Å². The molecule has 1 aliphatic carbocycles. The molecular formula is C18H27N7O. The van der Waals surface area contributed by atoms with Gasteiger partial charge in [0.2, 0.25) is 5.95 Å². The van der Waals surface area contributed by atoms with Crippen LogP contribution in [-0.4, -0.2) is 59.3 Å². The molecule has 1 aliphatic heterocycles. The molecule has 26 heavy (non-hydrogen) atoms. The van der Waals surface area contributed by atoms with Crippen molar-refractivity contribution >= 4 is 11.8 Å². The van der Waals surface area contributed by atoms with Gasteiger partial charge < -0.3 is 25.3 Å². The zero-order valence-electron chi connectivity index (χ0n) is 15.5. The van der Waals surface area contributed by atoms with E-state index in [2.05, 4.69) is 30.5 Å². The fourth-order valence-corrected chi connectivity index (χ4v) is 3.87. The van der Waals surface area contributed by atoms with Gasteiger partial charge in [-0.05, 0) is 31.7 Å². The van der Waals surface area contributed by atoms with Crippen molar-refractivity contribution in [2.45, 2.75) is 44.4 Å². The van der Waals surface area contributed by atoms with Crippen LogP contribution in [0.1, 0.15) is 30.1 Å². The molecule has 0 saturated carbocycles. The van der Waals surface area contributed by atoms with Crippen LogP contribution in [0.25, 0.3) is 0 Å². The van der Waals surface area contributed by atoms with Crippen molar-refractivity contribution in [3.8, 4) is 0 Å². The first-order valence-corrected chi connectivity index (χ1v) is 9.35. The van der Waals surface area contributed by atoms with Crippen LogP contribution in [0, 0.1) is 0 Å². The van der Waals surface area contributed by atoms with E-state index in [1.165, 1.54) is 24.2 Å². The highest BCUT2D eigenvalue weighted by atomic mass is 16.5. The van der Waals surface area contributed by atoms with Crippen LogP contribution in [0.3, 0.4) is 0 Å². The highest BCUT2D eigenvalue weighted by Gasteiger charge is 2.33.